The van der Waals surface area contributed by atoms with Gasteiger partial charge in [0.1, 0.15) is 17.7 Å². The number of halogens is 1. The van der Waals surface area contributed by atoms with Gasteiger partial charge in [-0.25, -0.2) is 4.39 Å². The number of rotatable bonds is 7. The van der Waals surface area contributed by atoms with Crippen molar-refractivity contribution in [3.63, 3.8) is 0 Å². The van der Waals surface area contributed by atoms with Gasteiger partial charge in [-0.1, -0.05) is 20.8 Å². The number of hydrogen-bond acceptors (Lipinski definition) is 2. The van der Waals surface area contributed by atoms with E-state index in [-0.39, 0.29) is 11.9 Å². The Balaban J connectivity index is 1.69. The predicted molar refractivity (Wildman–Crippen MR) is 80.6 cm³/mol. The van der Waals surface area contributed by atoms with Crippen LogP contribution < -0.4 is 10.1 Å². The minimum absolute atomic E-state index is 0.167. The monoisotopic (exact) mass is 279 g/mol. The highest BCUT2D eigenvalue weighted by Gasteiger charge is 2.23. The van der Waals surface area contributed by atoms with Crippen LogP contribution in [0.5, 0.6) is 5.75 Å². The molecule has 1 aromatic carbocycles. The standard InChI is InChI=1S/C17H26FNO/c1-12(2)10-19-11-13(3)4-6-16-9-14-8-15(18)5-7-17(14)20-16/h5,7-8,12-13,16,19H,4,6,9-11H2,1-3H3. The van der Waals surface area contributed by atoms with Gasteiger partial charge in [0.2, 0.25) is 0 Å². The van der Waals surface area contributed by atoms with Crippen LogP contribution in [-0.2, 0) is 6.42 Å². The zero-order valence-electron chi connectivity index (χ0n) is 12.8. The molecule has 1 aromatic rings. The highest BCUT2D eigenvalue weighted by Crippen LogP contribution is 2.31. The van der Waals surface area contributed by atoms with E-state index < -0.39 is 0 Å². The third-order valence-corrected chi connectivity index (χ3v) is 3.79. The topological polar surface area (TPSA) is 21.3 Å². The molecule has 3 heteroatoms. The summed E-state index contributed by atoms with van der Waals surface area (Å²) < 4.78 is 19.0. The van der Waals surface area contributed by atoms with Crippen molar-refractivity contribution >= 4 is 0 Å². The Morgan fingerprint density at radius 3 is 2.85 bits per heavy atom. The summed E-state index contributed by atoms with van der Waals surface area (Å²) >= 11 is 0. The Hall–Kier alpha value is -1.09. The van der Waals surface area contributed by atoms with E-state index in [1.54, 1.807) is 12.1 Å². The molecule has 112 valence electrons. The lowest BCUT2D eigenvalue weighted by atomic mass is 10.00. The highest BCUT2D eigenvalue weighted by molar-refractivity contribution is 5.37. The summed E-state index contributed by atoms with van der Waals surface area (Å²) in [7, 11) is 0. The van der Waals surface area contributed by atoms with Gasteiger partial charge in [-0.05, 0) is 56.0 Å². The van der Waals surface area contributed by atoms with Crippen molar-refractivity contribution in [2.24, 2.45) is 11.8 Å². The average molecular weight is 279 g/mol. The van der Waals surface area contributed by atoms with Crippen LogP contribution in [0.4, 0.5) is 4.39 Å². The second-order valence-electron chi connectivity index (χ2n) is 6.43. The van der Waals surface area contributed by atoms with Crippen LogP contribution in [0.25, 0.3) is 0 Å². The average Bonchev–Trinajstić information content (AvgIpc) is 2.77. The van der Waals surface area contributed by atoms with E-state index in [1.165, 1.54) is 6.07 Å². The smallest absolute Gasteiger partial charge is 0.123 e. The molecular weight excluding hydrogens is 253 g/mol. The van der Waals surface area contributed by atoms with Crippen LogP contribution in [0.1, 0.15) is 39.2 Å². The molecule has 2 nitrogen and oxygen atoms in total. The molecule has 0 aromatic heterocycles. The molecule has 2 atom stereocenters. The van der Waals surface area contributed by atoms with E-state index in [4.69, 9.17) is 4.74 Å². The summed E-state index contributed by atoms with van der Waals surface area (Å²) in [6.07, 6.45) is 3.26. The largest absolute Gasteiger partial charge is 0.490 e. The second-order valence-corrected chi connectivity index (χ2v) is 6.43. The van der Waals surface area contributed by atoms with Gasteiger partial charge < -0.3 is 10.1 Å². The number of benzene rings is 1. The van der Waals surface area contributed by atoms with Crippen molar-refractivity contribution in [3.05, 3.63) is 29.6 Å². The SMILES string of the molecule is CC(C)CNCC(C)CCC1Cc2cc(F)ccc2O1. The fourth-order valence-corrected chi connectivity index (χ4v) is 2.64. The molecular formula is C17H26FNO. The van der Waals surface area contributed by atoms with E-state index >= 15 is 0 Å². The number of nitrogens with one attached hydrogen (secondary N) is 1. The molecule has 0 aliphatic carbocycles. The van der Waals surface area contributed by atoms with E-state index in [2.05, 4.69) is 26.1 Å². The lowest BCUT2D eigenvalue weighted by Crippen LogP contribution is -2.26. The molecule has 0 bridgehead atoms. The molecule has 0 spiro atoms. The molecule has 1 heterocycles. The molecule has 1 aliphatic heterocycles. The Morgan fingerprint density at radius 2 is 2.10 bits per heavy atom. The Kier molecular flexibility index (Phi) is 5.41. The number of ether oxygens (including phenoxy) is 1. The zero-order chi connectivity index (χ0) is 14.5. The molecule has 1 aliphatic rings. The molecule has 0 saturated heterocycles. The first-order chi connectivity index (χ1) is 9.54. The van der Waals surface area contributed by atoms with E-state index in [1.807, 2.05) is 0 Å². The maximum absolute atomic E-state index is 13.1. The summed E-state index contributed by atoms with van der Waals surface area (Å²) in [5.41, 5.74) is 1.01. The Morgan fingerprint density at radius 1 is 1.30 bits per heavy atom. The fourth-order valence-electron chi connectivity index (χ4n) is 2.64. The van der Waals surface area contributed by atoms with Gasteiger partial charge in [-0.3, -0.25) is 0 Å². The first kappa shape index (κ1) is 15.3. The van der Waals surface area contributed by atoms with Crippen molar-refractivity contribution in [2.45, 2.75) is 46.1 Å². The van der Waals surface area contributed by atoms with Crippen LogP contribution in [0.2, 0.25) is 0 Å². The maximum Gasteiger partial charge on any atom is 0.123 e. The van der Waals surface area contributed by atoms with Gasteiger partial charge in [-0.2, -0.15) is 0 Å². The van der Waals surface area contributed by atoms with Gasteiger partial charge in [0, 0.05) is 12.0 Å². The third-order valence-electron chi connectivity index (χ3n) is 3.79. The molecule has 0 saturated carbocycles. The first-order valence-electron chi connectivity index (χ1n) is 7.70. The second kappa shape index (κ2) is 7.07. The lowest BCUT2D eigenvalue weighted by molar-refractivity contribution is 0.208. The van der Waals surface area contributed by atoms with Crippen molar-refractivity contribution in [2.75, 3.05) is 13.1 Å². The van der Waals surface area contributed by atoms with Crippen LogP contribution in [0.3, 0.4) is 0 Å². The summed E-state index contributed by atoms with van der Waals surface area (Å²) in [5.74, 6) is 2.05. The van der Waals surface area contributed by atoms with Crippen molar-refractivity contribution in [3.8, 4) is 5.75 Å². The van der Waals surface area contributed by atoms with Crippen LogP contribution in [0, 0.1) is 17.7 Å². The molecule has 0 radical (unpaired) electrons. The van der Waals surface area contributed by atoms with Gasteiger partial charge >= 0.3 is 0 Å². The number of fused-ring (bicyclic) bond motifs is 1. The maximum atomic E-state index is 13.1. The van der Waals surface area contributed by atoms with Gasteiger partial charge in [0.25, 0.3) is 0 Å². The summed E-state index contributed by atoms with van der Waals surface area (Å²) in [5, 5.41) is 3.49. The van der Waals surface area contributed by atoms with Crippen molar-refractivity contribution in [1.29, 1.82) is 0 Å². The number of hydrogen-bond donors (Lipinski definition) is 1. The van der Waals surface area contributed by atoms with Gasteiger partial charge in [0.05, 0.1) is 0 Å². The lowest BCUT2D eigenvalue weighted by Gasteiger charge is -2.16. The van der Waals surface area contributed by atoms with Crippen molar-refractivity contribution < 1.29 is 9.13 Å². The minimum Gasteiger partial charge on any atom is -0.490 e. The molecule has 0 amide bonds. The predicted octanol–water partition coefficient (Wildman–Crippen LogP) is 3.79. The minimum atomic E-state index is -0.167. The van der Waals surface area contributed by atoms with E-state index in [0.29, 0.717) is 11.8 Å². The molecule has 1 N–H and O–H groups in total. The van der Waals surface area contributed by atoms with Crippen LogP contribution in [-0.4, -0.2) is 19.2 Å². The Labute approximate surface area is 121 Å². The van der Waals surface area contributed by atoms with Crippen LogP contribution >= 0.6 is 0 Å². The fraction of sp³-hybridized carbons (Fsp3) is 0.647. The summed E-state index contributed by atoms with van der Waals surface area (Å²) in [4.78, 5) is 0. The highest BCUT2D eigenvalue weighted by atomic mass is 19.1. The van der Waals surface area contributed by atoms with Crippen molar-refractivity contribution in [1.82, 2.24) is 5.32 Å². The van der Waals surface area contributed by atoms with Gasteiger partial charge in [-0.15, -0.1) is 0 Å². The summed E-state index contributed by atoms with van der Waals surface area (Å²) in [6, 6.07) is 4.82. The zero-order valence-corrected chi connectivity index (χ0v) is 12.8. The van der Waals surface area contributed by atoms with Crippen LogP contribution in [0.15, 0.2) is 18.2 Å². The molecule has 2 rings (SSSR count). The third kappa shape index (κ3) is 4.48. The first-order valence-corrected chi connectivity index (χ1v) is 7.70. The quantitative estimate of drug-likeness (QED) is 0.820. The van der Waals surface area contributed by atoms with Gasteiger partial charge in [0.15, 0.2) is 0 Å². The molecule has 20 heavy (non-hydrogen) atoms. The summed E-state index contributed by atoms with van der Waals surface area (Å²) in [6.45, 7) is 8.86. The van der Waals surface area contributed by atoms with E-state index in [0.717, 1.165) is 43.7 Å². The normalized spacial score (nSPS) is 18.9. The van der Waals surface area contributed by atoms with E-state index in [9.17, 15) is 4.39 Å². The molecule has 2 unspecified atom stereocenters. The molecule has 0 fully saturated rings. The Bertz CT molecular complexity index is 433.